The monoisotopic (exact) mass is 559 g/mol. The van der Waals surface area contributed by atoms with E-state index in [1.54, 1.807) is 19.2 Å². The Bertz CT molecular complexity index is 1450. The molecular formula is C33H38FN3O4. The van der Waals surface area contributed by atoms with Crippen LogP contribution < -0.4 is 18.9 Å². The lowest BCUT2D eigenvalue weighted by atomic mass is 10.1. The van der Waals surface area contributed by atoms with Crippen LogP contribution in [0.15, 0.2) is 66.9 Å². The number of unbranched alkanes of at least 4 members (excludes halogenated alkanes) is 1. The second-order valence-electron chi connectivity index (χ2n) is 10.2. The van der Waals surface area contributed by atoms with Crippen LogP contribution in [-0.4, -0.2) is 41.5 Å². The fraction of sp³-hybridized carbons (Fsp3) is 0.364. The van der Waals surface area contributed by atoms with Crippen LogP contribution in [0.25, 0.3) is 11.4 Å². The molecule has 3 aromatic carbocycles. The van der Waals surface area contributed by atoms with Gasteiger partial charge >= 0.3 is 0 Å². The molecule has 5 rings (SSSR count). The highest BCUT2D eigenvalue weighted by Gasteiger charge is 2.18. The average Bonchev–Trinajstić information content (AvgIpc) is 3.62. The van der Waals surface area contributed by atoms with Gasteiger partial charge in [0.1, 0.15) is 11.6 Å². The summed E-state index contributed by atoms with van der Waals surface area (Å²) in [6, 6.07) is 18.9. The lowest BCUT2D eigenvalue weighted by Crippen LogP contribution is -2.27. The second kappa shape index (κ2) is 13.5. The van der Waals surface area contributed by atoms with Gasteiger partial charge in [-0.2, -0.15) is 0 Å². The van der Waals surface area contributed by atoms with E-state index in [0.29, 0.717) is 13.2 Å². The molecule has 41 heavy (non-hydrogen) atoms. The SMILES string of the molecule is CCCCn1c(CN(CCc2ccc(OCC)c(OC)c2)Cc2ccc3c(c2)OCO3)cnc1-c1cccc(F)c1. The predicted octanol–water partition coefficient (Wildman–Crippen LogP) is 6.87. The van der Waals surface area contributed by atoms with Crippen molar-refractivity contribution in [2.24, 2.45) is 0 Å². The average molecular weight is 560 g/mol. The van der Waals surface area contributed by atoms with Crippen molar-refractivity contribution in [2.75, 3.05) is 27.1 Å². The maximum absolute atomic E-state index is 14.1. The molecule has 0 unspecified atom stereocenters. The minimum absolute atomic E-state index is 0.252. The quantitative estimate of drug-likeness (QED) is 0.168. The number of imidazole rings is 1. The van der Waals surface area contributed by atoms with Gasteiger partial charge in [-0.25, -0.2) is 9.37 Å². The van der Waals surface area contributed by atoms with Gasteiger partial charge in [-0.3, -0.25) is 4.90 Å². The van der Waals surface area contributed by atoms with Crippen LogP contribution in [-0.2, 0) is 26.1 Å². The molecule has 0 saturated heterocycles. The van der Waals surface area contributed by atoms with Gasteiger partial charge in [0.25, 0.3) is 0 Å². The van der Waals surface area contributed by atoms with Crippen molar-refractivity contribution in [1.29, 1.82) is 0 Å². The Balaban J connectivity index is 1.41. The van der Waals surface area contributed by atoms with E-state index < -0.39 is 0 Å². The van der Waals surface area contributed by atoms with Crippen molar-refractivity contribution >= 4 is 0 Å². The van der Waals surface area contributed by atoms with Crippen LogP contribution in [0, 0.1) is 5.82 Å². The van der Waals surface area contributed by atoms with Gasteiger partial charge in [-0.05, 0) is 67.3 Å². The number of halogens is 1. The first kappa shape index (κ1) is 28.5. The zero-order chi connectivity index (χ0) is 28.6. The molecule has 1 aliphatic heterocycles. The van der Waals surface area contributed by atoms with Crippen molar-refractivity contribution < 1.29 is 23.3 Å². The van der Waals surface area contributed by atoms with Gasteiger partial charge in [-0.1, -0.05) is 37.6 Å². The maximum Gasteiger partial charge on any atom is 0.231 e. The van der Waals surface area contributed by atoms with E-state index in [1.807, 2.05) is 31.3 Å². The number of benzene rings is 3. The molecule has 0 N–H and O–H groups in total. The van der Waals surface area contributed by atoms with Gasteiger partial charge in [-0.15, -0.1) is 0 Å². The van der Waals surface area contributed by atoms with E-state index in [1.165, 1.54) is 11.6 Å². The van der Waals surface area contributed by atoms with Crippen LogP contribution in [0.1, 0.15) is 43.5 Å². The topological polar surface area (TPSA) is 58.0 Å². The maximum atomic E-state index is 14.1. The summed E-state index contributed by atoms with van der Waals surface area (Å²) in [5.74, 6) is 3.58. The summed E-state index contributed by atoms with van der Waals surface area (Å²) in [5.41, 5.74) is 4.20. The van der Waals surface area contributed by atoms with Gasteiger partial charge in [0.15, 0.2) is 23.0 Å². The minimum atomic E-state index is -0.260. The molecule has 216 valence electrons. The number of aromatic nitrogens is 2. The Morgan fingerprint density at radius 3 is 2.61 bits per heavy atom. The smallest absolute Gasteiger partial charge is 0.231 e. The molecule has 0 amide bonds. The van der Waals surface area contributed by atoms with Crippen molar-refractivity contribution in [2.45, 2.75) is 52.7 Å². The van der Waals surface area contributed by atoms with Gasteiger partial charge in [0.05, 0.1) is 25.6 Å². The standard InChI is InChI=1S/C33H38FN3O4/c1-4-6-15-37-28(20-35-33(37)26-8-7-9-27(34)19-26)22-36(21-25-11-13-30-32(18-25)41-23-40-30)16-14-24-10-12-29(39-5-2)31(17-24)38-3/h7-13,17-20H,4-6,14-16,21-23H2,1-3H3. The molecule has 1 aliphatic rings. The summed E-state index contributed by atoms with van der Waals surface area (Å²) < 4.78 is 38.8. The summed E-state index contributed by atoms with van der Waals surface area (Å²) >= 11 is 0. The van der Waals surface area contributed by atoms with Crippen LogP contribution in [0.2, 0.25) is 0 Å². The van der Waals surface area contributed by atoms with E-state index in [9.17, 15) is 4.39 Å². The van der Waals surface area contributed by atoms with Crippen molar-refractivity contribution in [3.05, 3.63) is 89.5 Å². The van der Waals surface area contributed by atoms with E-state index in [4.69, 9.17) is 23.9 Å². The molecule has 1 aromatic heterocycles. The van der Waals surface area contributed by atoms with Crippen LogP contribution in [0.5, 0.6) is 23.0 Å². The molecule has 2 heterocycles. The number of fused-ring (bicyclic) bond motifs is 1. The third kappa shape index (κ3) is 7.00. The van der Waals surface area contributed by atoms with Crippen molar-refractivity contribution in [1.82, 2.24) is 14.5 Å². The summed E-state index contributed by atoms with van der Waals surface area (Å²) in [5, 5.41) is 0. The van der Waals surface area contributed by atoms with Gasteiger partial charge < -0.3 is 23.5 Å². The summed E-state index contributed by atoms with van der Waals surface area (Å²) in [7, 11) is 1.67. The zero-order valence-electron chi connectivity index (χ0n) is 24.1. The fourth-order valence-electron chi connectivity index (χ4n) is 5.13. The molecule has 0 radical (unpaired) electrons. The molecule has 0 atom stereocenters. The Labute approximate surface area is 241 Å². The molecule has 0 fully saturated rings. The minimum Gasteiger partial charge on any atom is -0.493 e. The predicted molar refractivity (Wildman–Crippen MR) is 157 cm³/mol. The lowest BCUT2D eigenvalue weighted by molar-refractivity contribution is 0.174. The van der Waals surface area contributed by atoms with E-state index in [-0.39, 0.29) is 12.6 Å². The number of hydrogen-bond acceptors (Lipinski definition) is 6. The van der Waals surface area contributed by atoms with Crippen molar-refractivity contribution in [3.63, 3.8) is 0 Å². The molecule has 0 spiro atoms. The van der Waals surface area contributed by atoms with Crippen molar-refractivity contribution in [3.8, 4) is 34.4 Å². The molecule has 0 saturated carbocycles. The van der Waals surface area contributed by atoms with Crippen LogP contribution in [0.4, 0.5) is 4.39 Å². The number of methoxy groups -OCH3 is 1. The Morgan fingerprint density at radius 2 is 1.80 bits per heavy atom. The highest BCUT2D eigenvalue weighted by atomic mass is 19.1. The molecule has 7 nitrogen and oxygen atoms in total. The molecule has 0 aliphatic carbocycles. The highest BCUT2D eigenvalue weighted by molar-refractivity contribution is 5.56. The molecule has 4 aromatic rings. The summed E-state index contributed by atoms with van der Waals surface area (Å²) in [6.45, 7) is 8.02. The first-order valence-electron chi connectivity index (χ1n) is 14.3. The number of hydrogen-bond donors (Lipinski definition) is 0. The highest BCUT2D eigenvalue weighted by Crippen LogP contribution is 2.33. The van der Waals surface area contributed by atoms with Crippen LogP contribution in [0.3, 0.4) is 0 Å². The molecule has 8 heteroatoms. The Hall–Kier alpha value is -4.04. The molecule has 0 bridgehead atoms. The van der Waals surface area contributed by atoms with Crippen LogP contribution >= 0.6 is 0 Å². The van der Waals surface area contributed by atoms with E-state index >= 15 is 0 Å². The third-order valence-electron chi connectivity index (χ3n) is 7.23. The first-order chi connectivity index (χ1) is 20.1. The first-order valence-corrected chi connectivity index (χ1v) is 14.3. The van der Waals surface area contributed by atoms with E-state index in [2.05, 4.69) is 40.7 Å². The van der Waals surface area contributed by atoms with Gasteiger partial charge in [0.2, 0.25) is 6.79 Å². The Kier molecular flexibility index (Phi) is 9.41. The zero-order valence-corrected chi connectivity index (χ0v) is 24.1. The summed E-state index contributed by atoms with van der Waals surface area (Å²) in [4.78, 5) is 7.17. The fourth-order valence-corrected chi connectivity index (χ4v) is 5.13. The lowest BCUT2D eigenvalue weighted by Gasteiger charge is -2.24. The number of ether oxygens (including phenoxy) is 4. The third-order valence-corrected chi connectivity index (χ3v) is 7.23. The van der Waals surface area contributed by atoms with Gasteiger partial charge in [0, 0.05) is 31.7 Å². The largest absolute Gasteiger partial charge is 0.493 e. The number of rotatable bonds is 14. The van der Waals surface area contributed by atoms with E-state index in [0.717, 1.165) is 84.5 Å². The summed E-state index contributed by atoms with van der Waals surface area (Å²) in [6.07, 6.45) is 4.83. The normalized spacial score (nSPS) is 12.2. The number of nitrogens with zero attached hydrogens (tertiary/aromatic N) is 3. The Morgan fingerprint density at radius 1 is 0.951 bits per heavy atom. The molecular weight excluding hydrogens is 521 g/mol. The second-order valence-corrected chi connectivity index (χ2v) is 10.2.